The molecule has 1 saturated carbocycles. The Bertz CT molecular complexity index is 586. The van der Waals surface area contributed by atoms with Crippen LogP contribution in [-0.4, -0.2) is 18.7 Å². The third-order valence-corrected chi connectivity index (χ3v) is 4.00. The zero-order valence-electron chi connectivity index (χ0n) is 12.6. The number of carbonyl (C=O) groups excluding carboxylic acids is 1. The van der Waals surface area contributed by atoms with Crippen LogP contribution in [0.5, 0.6) is 11.5 Å². The van der Waals surface area contributed by atoms with Crippen LogP contribution < -0.4 is 14.8 Å². The summed E-state index contributed by atoms with van der Waals surface area (Å²) >= 11 is 0. The molecule has 1 aliphatic heterocycles. The van der Waals surface area contributed by atoms with Crippen LogP contribution in [0.25, 0.3) is 6.08 Å². The Morgan fingerprint density at radius 3 is 2.77 bits per heavy atom. The molecule has 22 heavy (non-hydrogen) atoms. The summed E-state index contributed by atoms with van der Waals surface area (Å²) in [4.78, 5) is 11.8. The van der Waals surface area contributed by atoms with Crippen molar-refractivity contribution < 1.29 is 14.3 Å². The summed E-state index contributed by atoms with van der Waals surface area (Å²) in [5, 5.41) is 3.06. The van der Waals surface area contributed by atoms with Gasteiger partial charge in [0.1, 0.15) is 0 Å². The summed E-state index contributed by atoms with van der Waals surface area (Å²) in [7, 11) is 0. The van der Waals surface area contributed by atoms with Crippen LogP contribution in [0, 0.1) is 0 Å². The third kappa shape index (κ3) is 3.91. The number of ether oxygens (including phenoxy) is 2. The van der Waals surface area contributed by atoms with Gasteiger partial charge in [0.15, 0.2) is 11.5 Å². The van der Waals surface area contributed by atoms with Crippen molar-refractivity contribution in [1.82, 2.24) is 5.32 Å². The lowest BCUT2D eigenvalue weighted by Gasteiger charge is -2.21. The Balaban J connectivity index is 1.49. The number of amides is 1. The molecule has 0 bridgehead atoms. The van der Waals surface area contributed by atoms with Crippen LogP contribution >= 0.6 is 0 Å². The first-order valence-corrected chi connectivity index (χ1v) is 7.86. The largest absolute Gasteiger partial charge is 0.454 e. The van der Waals surface area contributed by atoms with Gasteiger partial charge in [-0.15, -0.1) is 0 Å². The Morgan fingerprint density at radius 2 is 1.91 bits per heavy atom. The number of allylic oxidation sites excluding steroid dienone is 2. The zero-order valence-corrected chi connectivity index (χ0v) is 12.6. The monoisotopic (exact) mass is 299 g/mol. The molecular formula is C18H21NO3. The Hall–Kier alpha value is -2.23. The minimum Gasteiger partial charge on any atom is -0.454 e. The lowest BCUT2D eigenvalue weighted by atomic mass is 9.95. The Kier molecular flexibility index (Phi) is 4.78. The van der Waals surface area contributed by atoms with Crippen molar-refractivity contribution in [3.63, 3.8) is 0 Å². The van der Waals surface area contributed by atoms with Crippen molar-refractivity contribution in [1.29, 1.82) is 0 Å². The average Bonchev–Trinajstić information content (AvgIpc) is 3.00. The number of nitrogens with one attached hydrogen (secondary N) is 1. The van der Waals surface area contributed by atoms with Crippen molar-refractivity contribution in [3.05, 3.63) is 42.0 Å². The highest BCUT2D eigenvalue weighted by atomic mass is 16.7. The summed E-state index contributed by atoms with van der Waals surface area (Å²) < 4.78 is 10.6. The van der Waals surface area contributed by atoms with Gasteiger partial charge in [-0.2, -0.15) is 0 Å². The second-order valence-electron chi connectivity index (χ2n) is 5.67. The first kappa shape index (κ1) is 14.7. The van der Waals surface area contributed by atoms with Gasteiger partial charge in [-0.05, 0) is 30.5 Å². The van der Waals surface area contributed by atoms with E-state index in [2.05, 4.69) is 5.32 Å². The second kappa shape index (κ2) is 7.16. The van der Waals surface area contributed by atoms with E-state index in [1.54, 1.807) is 12.2 Å². The highest BCUT2D eigenvalue weighted by molar-refractivity contribution is 5.88. The normalized spacial score (nSPS) is 18.2. The molecule has 1 heterocycles. The summed E-state index contributed by atoms with van der Waals surface area (Å²) in [6, 6.07) is 6.12. The average molecular weight is 299 g/mol. The fourth-order valence-electron chi connectivity index (χ4n) is 2.82. The minimum absolute atomic E-state index is 0.0118. The number of hydrogen-bond donors (Lipinski definition) is 1. The molecule has 1 amide bonds. The fourth-order valence-corrected chi connectivity index (χ4v) is 2.82. The molecule has 1 aromatic carbocycles. The third-order valence-electron chi connectivity index (χ3n) is 4.00. The highest BCUT2D eigenvalue weighted by Gasteiger charge is 2.14. The molecular weight excluding hydrogens is 278 g/mol. The number of hydrogen-bond acceptors (Lipinski definition) is 3. The SMILES string of the molecule is O=C(C=CC=Cc1ccc2c(c1)OCO2)NC1CCCCC1. The van der Waals surface area contributed by atoms with Gasteiger partial charge in [-0.1, -0.05) is 43.6 Å². The van der Waals surface area contributed by atoms with Gasteiger partial charge in [-0.3, -0.25) is 4.79 Å². The molecule has 1 N–H and O–H groups in total. The molecule has 0 saturated heterocycles. The topological polar surface area (TPSA) is 47.6 Å². The van der Waals surface area contributed by atoms with Gasteiger partial charge >= 0.3 is 0 Å². The first-order valence-electron chi connectivity index (χ1n) is 7.86. The van der Waals surface area contributed by atoms with Gasteiger partial charge in [0.2, 0.25) is 12.7 Å². The molecule has 0 spiro atoms. The number of rotatable bonds is 4. The maximum absolute atomic E-state index is 11.8. The highest BCUT2D eigenvalue weighted by Crippen LogP contribution is 2.32. The van der Waals surface area contributed by atoms with Crippen LogP contribution in [0.15, 0.2) is 36.4 Å². The molecule has 116 valence electrons. The number of benzene rings is 1. The van der Waals surface area contributed by atoms with Gasteiger partial charge in [0.05, 0.1) is 0 Å². The zero-order chi connectivity index (χ0) is 15.2. The first-order chi connectivity index (χ1) is 10.8. The van der Waals surface area contributed by atoms with Crippen LogP contribution in [0.4, 0.5) is 0 Å². The fraction of sp³-hybridized carbons (Fsp3) is 0.389. The standard InChI is InChI=1S/C18H21NO3/c20-18(19-15-7-2-1-3-8-15)9-5-4-6-14-10-11-16-17(12-14)22-13-21-16/h4-6,9-12,15H,1-3,7-8,13H2,(H,19,20). The van der Waals surface area contributed by atoms with Gasteiger partial charge in [0, 0.05) is 12.1 Å². The molecule has 0 radical (unpaired) electrons. The maximum Gasteiger partial charge on any atom is 0.244 e. The van der Waals surface area contributed by atoms with E-state index in [-0.39, 0.29) is 12.7 Å². The van der Waals surface area contributed by atoms with E-state index in [4.69, 9.17) is 9.47 Å². The molecule has 0 aromatic heterocycles. The predicted octanol–water partition coefficient (Wildman–Crippen LogP) is 3.43. The lowest BCUT2D eigenvalue weighted by Crippen LogP contribution is -2.34. The summed E-state index contributed by atoms with van der Waals surface area (Å²) in [6.07, 6.45) is 13.1. The van der Waals surface area contributed by atoms with Crippen LogP contribution in [-0.2, 0) is 4.79 Å². The Morgan fingerprint density at radius 1 is 1.09 bits per heavy atom. The molecule has 0 unspecified atom stereocenters. The van der Waals surface area contributed by atoms with E-state index in [1.807, 2.05) is 30.4 Å². The molecule has 2 aliphatic rings. The molecule has 1 aliphatic carbocycles. The molecule has 4 nitrogen and oxygen atoms in total. The number of fused-ring (bicyclic) bond motifs is 1. The molecule has 0 atom stereocenters. The molecule has 3 rings (SSSR count). The van der Waals surface area contributed by atoms with E-state index < -0.39 is 0 Å². The molecule has 1 aromatic rings. The summed E-state index contributed by atoms with van der Waals surface area (Å²) in [5.41, 5.74) is 1.02. The molecule has 4 heteroatoms. The smallest absolute Gasteiger partial charge is 0.244 e. The van der Waals surface area contributed by atoms with Gasteiger partial charge < -0.3 is 14.8 Å². The Labute approximate surface area is 130 Å². The maximum atomic E-state index is 11.8. The summed E-state index contributed by atoms with van der Waals surface area (Å²) in [6.45, 7) is 0.281. The van der Waals surface area contributed by atoms with E-state index >= 15 is 0 Å². The van der Waals surface area contributed by atoms with Crippen molar-refractivity contribution in [2.24, 2.45) is 0 Å². The van der Waals surface area contributed by atoms with Crippen LogP contribution in [0.3, 0.4) is 0 Å². The quantitative estimate of drug-likeness (QED) is 0.684. The second-order valence-corrected chi connectivity index (χ2v) is 5.67. The van der Waals surface area contributed by atoms with Crippen LogP contribution in [0.1, 0.15) is 37.7 Å². The van der Waals surface area contributed by atoms with Crippen molar-refractivity contribution in [2.75, 3.05) is 6.79 Å². The van der Waals surface area contributed by atoms with E-state index in [0.717, 1.165) is 29.9 Å². The van der Waals surface area contributed by atoms with Crippen molar-refractivity contribution in [2.45, 2.75) is 38.1 Å². The van der Waals surface area contributed by atoms with Crippen molar-refractivity contribution >= 4 is 12.0 Å². The van der Waals surface area contributed by atoms with Gasteiger partial charge in [-0.25, -0.2) is 0 Å². The number of carbonyl (C=O) groups is 1. The minimum atomic E-state index is -0.0118. The van der Waals surface area contributed by atoms with Gasteiger partial charge in [0.25, 0.3) is 0 Å². The van der Waals surface area contributed by atoms with Crippen molar-refractivity contribution in [3.8, 4) is 11.5 Å². The van der Waals surface area contributed by atoms with E-state index in [1.165, 1.54) is 19.3 Å². The molecule has 1 fully saturated rings. The lowest BCUT2D eigenvalue weighted by molar-refractivity contribution is -0.117. The van der Waals surface area contributed by atoms with E-state index in [0.29, 0.717) is 6.04 Å². The predicted molar refractivity (Wildman–Crippen MR) is 85.8 cm³/mol. The summed E-state index contributed by atoms with van der Waals surface area (Å²) in [5.74, 6) is 1.53. The van der Waals surface area contributed by atoms with Crippen LogP contribution in [0.2, 0.25) is 0 Å². The van der Waals surface area contributed by atoms with E-state index in [9.17, 15) is 4.79 Å².